The summed E-state index contributed by atoms with van der Waals surface area (Å²) in [5.41, 5.74) is 2.82. The Morgan fingerprint density at radius 1 is 1.10 bits per heavy atom. The summed E-state index contributed by atoms with van der Waals surface area (Å²) in [5.74, 6) is -0.691. The molecule has 2 aromatic carbocycles. The number of rotatable bonds is 5. The number of carbonyl (C=O) groups is 2. The molecule has 0 aromatic heterocycles. The molecule has 0 spiro atoms. The minimum Gasteiger partial charge on any atom is -0.373 e. The number of hydrogen-bond donors (Lipinski definition) is 1. The second kappa shape index (κ2) is 7.78. The van der Waals surface area contributed by atoms with Crippen molar-refractivity contribution in [2.75, 3.05) is 24.3 Å². The maximum Gasteiger partial charge on any atom is 0.256 e. The Hall–Kier alpha value is -2.42. The lowest BCUT2D eigenvalue weighted by atomic mass is 10.1. The summed E-state index contributed by atoms with van der Waals surface area (Å²) < 4.78 is 25.9. The number of aryl methyl sites for hydroxylation is 2. The third kappa shape index (κ3) is 4.01. The zero-order valence-corrected chi connectivity index (χ0v) is 18.1. The van der Waals surface area contributed by atoms with Crippen molar-refractivity contribution in [3.63, 3.8) is 0 Å². The first-order chi connectivity index (χ1) is 13.5. The third-order valence-corrected chi connectivity index (χ3v) is 7.07. The van der Waals surface area contributed by atoms with Gasteiger partial charge >= 0.3 is 0 Å². The summed E-state index contributed by atoms with van der Waals surface area (Å²) in [6.07, 6.45) is -0.0233. The molecule has 154 valence electrons. The van der Waals surface area contributed by atoms with Gasteiger partial charge in [0.2, 0.25) is 15.9 Å². The van der Waals surface area contributed by atoms with Gasteiger partial charge in [-0.05, 0) is 43.7 Å². The fourth-order valence-electron chi connectivity index (χ4n) is 3.24. The Labute approximate surface area is 175 Å². The minimum atomic E-state index is -3.75. The maximum absolute atomic E-state index is 12.9. The van der Waals surface area contributed by atoms with Gasteiger partial charge in [0.05, 0.1) is 17.1 Å². The van der Waals surface area contributed by atoms with Gasteiger partial charge in [0, 0.05) is 19.8 Å². The molecule has 1 N–H and O–H groups in total. The van der Waals surface area contributed by atoms with E-state index in [1.165, 1.54) is 31.1 Å². The van der Waals surface area contributed by atoms with Crippen molar-refractivity contribution in [1.29, 1.82) is 0 Å². The molecule has 7 nitrogen and oxygen atoms in total. The van der Waals surface area contributed by atoms with Crippen molar-refractivity contribution < 1.29 is 18.0 Å². The number of carbonyl (C=O) groups excluding carboxylic acids is 2. The molecule has 1 fully saturated rings. The molecule has 2 amide bonds. The first-order valence-electron chi connectivity index (χ1n) is 8.95. The Morgan fingerprint density at radius 3 is 2.41 bits per heavy atom. The van der Waals surface area contributed by atoms with Crippen molar-refractivity contribution in [2.45, 2.75) is 31.2 Å². The SMILES string of the molecule is Cc1ccc(N2C(=O)C[C@@H](Nc3ccc(Cl)c(S(=O)(=O)N(C)C)c3)C2=O)c(C)c1. The average Bonchev–Trinajstić information content (AvgIpc) is 2.90. The van der Waals surface area contributed by atoms with Crippen molar-refractivity contribution in [3.8, 4) is 0 Å². The molecule has 0 radical (unpaired) electrons. The van der Waals surface area contributed by atoms with Gasteiger partial charge in [-0.25, -0.2) is 17.6 Å². The highest BCUT2D eigenvalue weighted by molar-refractivity contribution is 7.89. The second-order valence-electron chi connectivity index (χ2n) is 7.19. The third-order valence-electron chi connectivity index (χ3n) is 4.77. The number of halogens is 1. The van der Waals surface area contributed by atoms with Gasteiger partial charge in [0.25, 0.3) is 5.91 Å². The molecule has 29 heavy (non-hydrogen) atoms. The second-order valence-corrected chi connectivity index (χ2v) is 9.72. The van der Waals surface area contributed by atoms with E-state index in [4.69, 9.17) is 11.6 Å². The molecule has 1 aliphatic heterocycles. The van der Waals surface area contributed by atoms with Crippen LogP contribution in [-0.4, -0.2) is 44.7 Å². The van der Waals surface area contributed by atoms with E-state index < -0.39 is 16.1 Å². The van der Waals surface area contributed by atoms with Crippen LogP contribution < -0.4 is 10.2 Å². The van der Waals surface area contributed by atoms with E-state index in [0.29, 0.717) is 11.4 Å². The summed E-state index contributed by atoms with van der Waals surface area (Å²) in [4.78, 5) is 26.5. The Balaban J connectivity index is 1.89. The highest BCUT2D eigenvalue weighted by atomic mass is 35.5. The van der Waals surface area contributed by atoms with Gasteiger partial charge in [-0.15, -0.1) is 0 Å². The van der Waals surface area contributed by atoms with Crippen molar-refractivity contribution in [2.24, 2.45) is 0 Å². The molecule has 2 aromatic rings. The van der Waals surface area contributed by atoms with Gasteiger partial charge < -0.3 is 5.32 Å². The highest BCUT2D eigenvalue weighted by Gasteiger charge is 2.40. The van der Waals surface area contributed by atoms with E-state index in [1.54, 1.807) is 12.1 Å². The number of amides is 2. The van der Waals surface area contributed by atoms with Crippen LogP contribution in [0.5, 0.6) is 0 Å². The molecule has 0 bridgehead atoms. The number of anilines is 2. The summed E-state index contributed by atoms with van der Waals surface area (Å²) in [6, 6.07) is 9.12. The van der Waals surface area contributed by atoms with Crippen LogP contribution in [0.4, 0.5) is 11.4 Å². The lowest BCUT2D eigenvalue weighted by Crippen LogP contribution is -2.35. The summed E-state index contributed by atoms with van der Waals surface area (Å²) >= 11 is 6.06. The predicted octanol–water partition coefficient (Wildman–Crippen LogP) is 2.95. The predicted molar refractivity (Wildman–Crippen MR) is 113 cm³/mol. The monoisotopic (exact) mass is 435 g/mol. The maximum atomic E-state index is 12.9. The zero-order valence-electron chi connectivity index (χ0n) is 16.6. The van der Waals surface area contributed by atoms with E-state index in [2.05, 4.69) is 5.32 Å². The lowest BCUT2D eigenvalue weighted by molar-refractivity contribution is -0.121. The number of sulfonamides is 1. The Bertz CT molecular complexity index is 1100. The van der Waals surface area contributed by atoms with Crippen LogP contribution in [0.3, 0.4) is 0 Å². The molecule has 1 saturated heterocycles. The standard InChI is InChI=1S/C20H22ClN3O4S/c1-12-5-8-17(13(2)9-12)24-19(25)11-16(20(24)26)22-14-6-7-15(21)18(10-14)29(27,28)23(3)4/h5-10,16,22H,11H2,1-4H3/t16-/m1/s1. The van der Waals surface area contributed by atoms with Gasteiger partial charge in [-0.3, -0.25) is 9.59 Å². The van der Waals surface area contributed by atoms with E-state index in [9.17, 15) is 18.0 Å². The van der Waals surface area contributed by atoms with Gasteiger partial charge in [0.15, 0.2) is 0 Å². The molecule has 3 rings (SSSR count). The number of hydrogen-bond acceptors (Lipinski definition) is 5. The smallest absolute Gasteiger partial charge is 0.256 e. The lowest BCUT2D eigenvalue weighted by Gasteiger charge is -2.19. The van der Waals surface area contributed by atoms with E-state index >= 15 is 0 Å². The molecular weight excluding hydrogens is 414 g/mol. The van der Waals surface area contributed by atoms with Gasteiger partial charge in [-0.2, -0.15) is 0 Å². The van der Waals surface area contributed by atoms with Crippen LogP contribution >= 0.6 is 11.6 Å². The van der Waals surface area contributed by atoms with Crippen LogP contribution in [0, 0.1) is 13.8 Å². The number of nitrogens with zero attached hydrogens (tertiary/aromatic N) is 2. The average molecular weight is 436 g/mol. The number of benzene rings is 2. The molecule has 1 aliphatic rings. The molecule has 0 aliphatic carbocycles. The van der Waals surface area contributed by atoms with Crippen LogP contribution in [-0.2, 0) is 19.6 Å². The largest absolute Gasteiger partial charge is 0.373 e. The number of imide groups is 1. The summed E-state index contributed by atoms with van der Waals surface area (Å²) in [6.45, 7) is 3.79. The van der Waals surface area contributed by atoms with Crippen LogP contribution in [0.2, 0.25) is 5.02 Å². The number of nitrogens with one attached hydrogen (secondary N) is 1. The van der Waals surface area contributed by atoms with Crippen molar-refractivity contribution >= 4 is 44.8 Å². The van der Waals surface area contributed by atoms with Crippen LogP contribution in [0.15, 0.2) is 41.3 Å². The molecule has 9 heteroatoms. The van der Waals surface area contributed by atoms with E-state index in [0.717, 1.165) is 15.4 Å². The van der Waals surface area contributed by atoms with Gasteiger partial charge in [-0.1, -0.05) is 29.3 Å². The van der Waals surface area contributed by atoms with E-state index in [-0.39, 0.29) is 28.2 Å². The molecule has 1 atom stereocenters. The van der Waals surface area contributed by atoms with Crippen LogP contribution in [0.25, 0.3) is 0 Å². The first-order valence-corrected chi connectivity index (χ1v) is 10.8. The molecule has 1 heterocycles. The quantitative estimate of drug-likeness (QED) is 0.729. The highest BCUT2D eigenvalue weighted by Crippen LogP contribution is 2.30. The van der Waals surface area contributed by atoms with Crippen molar-refractivity contribution in [1.82, 2.24) is 4.31 Å². The Kier molecular flexibility index (Phi) is 5.71. The zero-order chi connectivity index (χ0) is 21.5. The molecular formula is C20H22ClN3O4S. The van der Waals surface area contributed by atoms with Crippen LogP contribution in [0.1, 0.15) is 17.5 Å². The summed E-state index contributed by atoms with van der Waals surface area (Å²) in [5, 5.41) is 3.06. The Morgan fingerprint density at radius 2 is 1.79 bits per heavy atom. The van der Waals surface area contributed by atoms with E-state index in [1.807, 2.05) is 26.0 Å². The van der Waals surface area contributed by atoms with Crippen molar-refractivity contribution in [3.05, 3.63) is 52.5 Å². The molecule has 0 saturated carbocycles. The van der Waals surface area contributed by atoms with Gasteiger partial charge in [0.1, 0.15) is 10.9 Å². The first kappa shape index (κ1) is 21.3. The fraction of sp³-hybridized carbons (Fsp3) is 0.300. The fourth-order valence-corrected chi connectivity index (χ4v) is 4.64. The normalized spacial score (nSPS) is 17.3. The topological polar surface area (TPSA) is 86.8 Å². The summed E-state index contributed by atoms with van der Waals surface area (Å²) in [7, 11) is -0.933. The molecule has 0 unspecified atom stereocenters. The minimum absolute atomic E-state index is 0.0233.